The first-order valence-electron chi connectivity index (χ1n) is 9.78. The zero-order valence-electron chi connectivity index (χ0n) is 14.8. The van der Waals surface area contributed by atoms with E-state index in [0.29, 0.717) is 0 Å². The molecule has 0 radical (unpaired) electrons. The van der Waals surface area contributed by atoms with Crippen LogP contribution >= 0.6 is 11.3 Å². The molecule has 0 spiro atoms. The number of benzene rings is 1. The van der Waals surface area contributed by atoms with Gasteiger partial charge in [0.15, 0.2) is 5.82 Å². The molecule has 4 aliphatic rings. The molecule has 4 bridgehead atoms. The molecule has 3 aromatic rings. The number of anilines is 1. The summed E-state index contributed by atoms with van der Waals surface area (Å²) in [4.78, 5) is 0.923. The third kappa shape index (κ3) is 2.31. The smallest absolute Gasteiger partial charge is 0.236 e. The molecule has 0 unspecified atom stereocenters. The quantitative estimate of drug-likeness (QED) is 0.750. The summed E-state index contributed by atoms with van der Waals surface area (Å²) in [5.74, 6) is 3.85. The van der Waals surface area contributed by atoms with Crippen molar-refractivity contribution in [2.24, 2.45) is 17.8 Å². The van der Waals surface area contributed by atoms with Crippen LogP contribution in [0.1, 0.15) is 49.9 Å². The van der Waals surface area contributed by atoms with Gasteiger partial charge in [-0.05, 0) is 61.8 Å². The standard InChI is InChI=1S/C20H23N5S/c1-2-4-13(5-3-1)12-21-18-24-25-17(22-23-19(25)26-18)20-9-14-6-15(10-20)8-16(7-14)11-20/h1-5,14-16H,6-12H2,(H,21,24). The monoisotopic (exact) mass is 365 g/mol. The summed E-state index contributed by atoms with van der Waals surface area (Å²) in [6, 6.07) is 10.5. The van der Waals surface area contributed by atoms with E-state index < -0.39 is 0 Å². The Kier molecular flexibility index (Phi) is 3.22. The number of nitrogens with zero attached hydrogens (tertiary/aromatic N) is 4. The number of fused-ring (bicyclic) bond motifs is 1. The van der Waals surface area contributed by atoms with Gasteiger partial charge in [-0.2, -0.15) is 4.52 Å². The summed E-state index contributed by atoms with van der Waals surface area (Å²) in [5.41, 5.74) is 1.50. The van der Waals surface area contributed by atoms with E-state index in [9.17, 15) is 0 Å². The van der Waals surface area contributed by atoms with Gasteiger partial charge in [-0.15, -0.1) is 15.3 Å². The molecule has 7 rings (SSSR count). The van der Waals surface area contributed by atoms with Gasteiger partial charge in [0, 0.05) is 12.0 Å². The lowest BCUT2D eigenvalue weighted by atomic mass is 9.49. The van der Waals surface area contributed by atoms with Crippen LogP contribution in [0, 0.1) is 17.8 Å². The first kappa shape index (κ1) is 15.1. The van der Waals surface area contributed by atoms with Crippen molar-refractivity contribution >= 4 is 21.4 Å². The average molecular weight is 366 g/mol. The van der Waals surface area contributed by atoms with Crippen LogP contribution in [0.3, 0.4) is 0 Å². The molecule has 5 nitrogen and oxygen atoms in total. The Morgan fingerprint density at radius 3 is 2.38 bits per heavy atom. The van der Waals surface area contributed by atoms with Crippen LogP contribution in [0.25, 0.3) is 4.96 Å². The van der Waals surface area contributed by atoms with Gasteiger partial charge in [0.05, 0.1) is 0 Å². The molecule has 4 saturated carbocycles. The van der Waals surface area contributed by atoms with Crippen molar-refractivity contribution in [3.8, 4) is 0 Å². The number of aromatic nitrogens is 4. The van der Waals surface area contributed by atoms with Crippen molar-refractivity contribution in [1.29, 1.82) is 0 Å². The van der Waals surface area contributed by atoms with Crippen molar-refractivity contribution in [3.63, 3.8) is 0 Å². The average Bonchev–Trinajstić information content (AvgIpc) is 3.20. The van der Waals surface area contributed by atoms with Gasteiger partial charge in [-0.25, -0.2) is 0 Å². The predicted molar refractivity (Wildman–Crippen MR) is 102 cm³/mol. The molecule has 0 amide bonds. The molecule has 2 heterocycles. The highest BCUT2D eigenvalue weighted by molar-refractivity contribution is 7.20. The van der Waals surface area contributed by atoms with Gasteiger partial charge in [-0.3, -0.25) is 0 Å². The van der Waals surface area contributed by atoms with Crippen molar-refractivity contribution in [3.05, 3.63) is 41.7 Å². The Hall–Kier alpha value is -1.95. The predicted octanol–water partition coefficient (Wildman–Crippen LogP) is 4.27. The largest absolute Gasteiger partial charge is 0.356 e. The minimum atomic E-state index is 0.235. The van der Waals surface area contributed by atoms with Gasteiger partial charge >= 0.3 is 0 Å². The fourth-order valence-electron chi connectivity index (χ4n) is 6.18. The van der Waals surface area contributed by atoms with E-state index in [2.05, 4.69) is 39.8 Å². The van der Waals surface area contributed by atoms with Crippen molar-refractivity contribution in [1.82, 2.24) is 19.8 Å². The Morgan fingerprint density at radius 2 is 1.69 bits per heavy atom. The Morgan fingerprint density at radius 1 is 1.00 bits per heavy atom. The second kappa shape index (κ2) is 5.52. The van der Waals surface area contributed by atoms with Crippen LogP contribution in [0.5, 0.6) is 0 Å². The van der Waals surface area contributed by atoms with Crippen LogP contribution in [0.2, 0.25) is 0 Å². The van der Waals surface area contributed by atoms with Gasteiger partial charge in [-0.1, -0.05) is 41.7 Å². The molecule has 1 N–H and O–H groups in total. The van der Waals surface area contributed by atoms with Crippen LogP contribution in [0.15, 0.2) is 30.3 Å². The molecule has 2 aromatic heterocycles. The lowest BCUT2D eigenvalue weighted by Gasteiger charge is -2.55. The summed E-state index contributed by atoms with van der Waals surface area (Å²) >= 11 is 1.61. The maximum atomic E-state index is 4.84. The zero-order valence-corrected chi connectivity index (χ0v) is 15.6. The Bertz CT molecular complexity index is 908. The third-order valence-corrected chi connectivity index (χ3v) is 7.65. The minimum Gasteiger partial charge on any atom is -0.356 e. The Labute approximate surface area is 156 Å². The van der Waals surface area contributed by atoms with Gasteiger partial charge < -0.3 is 5.32 Å². The molecule has 6 heteroatoms. The maximum absolute atomic E-state index is 4.84. The van der Waals surface area contributed by atoms with E-state index in [4.69, 9.17) is 5.10 Å². The minimum absolute atomic E-state index is 0.235. The van der Waals surface area contributed by atoms with Crippen LogP contribution in [-0.2, 0) is 12.0 Å². The summed E-state index contributed by atoms with van der Waals surface area (Å²) in [5, 5.41) is 18.4. The van der Waals surface area contributed by atoms with E-state index >= 15 is 0 Å². The molecule has 4 aliphatic carbocycles. The first-order chi connectivity index (χ1) is 12.8. The number of hydrogen-bond acceptors (Lipinski definition) is 5. The second-order valence-electron chi connectivity index (χ2n) is 8.66. The molecular formula is C20H23N5S. The topological polar surface area (TPSA) is 55.1 Å². The van der Waals surface area contributed by atoms with Crippen LogP contribution in [-0.4, -0.2) is 19.8 Å². The van der Waals surface area contributed by atoms with Gasteiger partial charge in [0.1, 0.15) is 0 Å². The zero-order chi connectivity index (χ0) is 17.1. The highest BCUT2D eigenvalue weighted by Gasteiger charge is 2.54. The molecule has 4 fully saturated rings. The Balaban J connectivity index is 1.31. The normalized spacial score (nSPS) is 32.4. The van der Waals surface area contributed by atoms with E-state index in [1.165, 1.54) is 44.1 Å². The van der Waals surface area contributed by atoms with Gasteiger partial charge in [0.25, 0.3) is 0 Å². The SMILES string of the molecule is c1ccc(CNc2nn3c(C45CC6CC(CC(C6)C4)C5)nnc3s2)cc1. The second-order valence-corrected chi connectivity index (χ2v) is 9.62. The van der Waals surface area contributed by atoms with E-state index in [0.717, 1.165) is 40.2 Å². The third-order valence-electron chi connectivity index (χ3n) is 6.79. The fourth-order valence-corrected chi connectivity index (χ4v) is 6.91. The lowest BCUT2D eigenvalue weighted by Crippen LogP contribution is -2.49. The molecule has 0 saturated heterocycles. The molecule has 0 atom stereocenters. The highest BCUT2D eigenvalue weighted by Crippen LogP contribution is 2.60. The molecule has 134 valence electrons. The van der Waals surface area contributed by atoms with Gasteiger partial charge in [0.2, 0.25) is 10.1 Å². The van der Waals surface area contributed by atoms with Crippen LogP contribution in [0.4, 0.5) is 5.13 Å². The lowest BCUT2D eigenvalue weighted by molar-refractivity contribution is -0.0103. The molecule has 1 aromatic carbocycles. The highest BCUT2D eigenvalue weighted by atomic mass is 32.1. The number of rotatable bonds is 4. The fraction of sp³-hybridized carbons (Fsp3) is 0.550. The first-order valence-corrected chi connectivity index (χ1v) is 10.6. The molecule has 0 aliphatic heterocycles. The number of nitrogens with one attached hydrogen (secondary N) is 1. The van der Waals surface area contributed by atoms with E-state index in [1.54, 1.807) is 11.3 Å². The summed E-state index contributed by atoms with van der Waals surface area (Å²) in [6.07, 6.45) is 8.23. The van der Waals surface area contributed by atoms with Crippen molar-refractivity contribution < 1.29 is 0 Å². The molecular weight excluding hydrogens is 342 g/mol. The summed E-state index contributed by atoms with van der Waals surface area (Å²) in [6.45, 7) is 0.789. The molecule has 26 heavy (non-hydrogen) atoms. The maximum Gasteiger partial charge on any atom is 0.236 e. The van der Waals surface area contributed by atoms with Crippen LogP contribution < -0.4 is 5.32 Å². The van der Waals surface area contributed by atoms with E-state index in [1.807, 2.05) is 10.6 Å². The van der Waals surface area contributed by atoms with Crippen molar-refractivity contribution in [2.45, 2.75) is 50.5 Å². The van der Waals surface area contributed by atoms with E-state index in [-0.39, 0.29) is 5.41 Å². The summed E-state index contributed by atoms with van der Waals surface area (Å²) < 4.78 is 2.05. The summed E-state index contributed by atoms with van der Waals surface area (Å²) in [7, 11) is 0. The number of hydrogen-bond donors (Lipinski definition) is 1. The van der Waals surface area contributed by atoms with Crippen molar-refractivity contribution in [2.75, 3.05) is 5.32 Å².